The second-order valence-electron chi connectivity index (χ2n) is 5.54. The molecule has 1 unspecified atom stereocenters. The molecule has 1 heterocycles. The molecule has 0 radical (unpaired) electrons. The molecule has 1 saturated heterocycles. The third kappa shape index (κ3) is 4.18. The van der Waals surface area contributed by atoms with Crippen molar-refractivity contribution in [3.8, 4) is 0 Å². The molecule has 1 aliphatic rings. The van der Waals surface area contributed by atoms with E-state index in [9.17, 15) is 4.39 Å². The van der Waals surface area contributed by atoms with Crippen molar-refractivity contribution >= 4 is 5.69 Å². The fourth-order valence-corrected chi connectivity index (χ4v) is 2.64. The van der Waals surface area contributed by atoms with E-state index in [2.05, 4.69) is 29.0 Å². The van der Waals surface area contributed by atoms with Crippen LogP contribution in [0.15, 0.2) is 24.3 Å². The molecule has 0 bridgehead atoms. The largest absolute Gasteiger partial charge is 0.381 e. The van der Waals surface area contributed by atoms with E-state index in [1.165, 1.54) is 12.5 Å². The molecule has 4 heteroatoms. The van der Waals surface area contributed by atoms with Gasteiger partial charge in [-0.15, -0.1) is 0 Å². The van der Waals surface area contributed by atoms with Crippen molar-refractivity contribution in [2.75, 3.05) is 44.6 Å². The maximum absolute atomic E-state index is 13.5. The van der Waals surface area contributed by atoms with Crippen molar-refractivity contribution in [1.29, 1.82) is 0 Å². The van der Waals surface area contributed by atoms with Gasteiger partial charge in [0.05, 0.1) is 5.69 Å². The van der Waals surface area contributed by atoms with Gasteiger partial charge < -0.3 is 5.32 Å². The molecule has 1 aromatic rings. The molecule has 112 valence electrons. The van der Waals surface area contributed by atoms with Crippen LogP contribution in [0.2, 0.25) is 0 Å². The molecule has 0 saturated carbocycles. The Kier molecular flexibility index (Phi) is 5.80. The summed E-state index contributed by atoms with van der Waals surface area (Å²) >= 11 is 0. The summed E-state index contributed by atoms with van der Waals surface area (Å²) in [7, 11) is 0. The Labute approximate surface area is 121 Å². The van der Waals surface area contributed by atoms with E-state index in [0.717, 1.165) is 39.3 Å². The minimum atomic E-state index is -0.172. The number of piperazine rings is 1. The van der Waals surface area contributed by atoms with Crippen LogP contribution in [-0.2, 0) is 0 Å². The second-order valence-corrected chi connectivity index (χ2v) is 5.54. The fourth-order valence-electron chi connectivity index (χ4n) is 2.64. The summed E-state index contributed by atoms with van der Waals surface area (Å²) in [4.78, 5) is 5.01. The Bertz CT molecular complexity index is 402. The van der Waals surface area contributed by atoms with Gasteiger partial charge in [0.1, 0.15) is 5.82 Å². The van der Waals surface area contributed by atoms with Crippen LogP contribution in [0.3, 0.4) is 0 Å². The summed E-state index contributed by atoms with van der Waals surface area (Å²) in [6, 6.07) is 7.54. The molecule has 1 fully saturated rings. The normalized spacial score (nSPS) is 18.9. The number of hydrogen-bond acceptors (Lipinski definition) is 3. The highest BCUT2D eigenvalue weighted by atomic mass is 19.1. The van der Waals surface area contributed by atoms with Gasteiger partial charge in [-0.2, -0.15) is 0 Å². The molecule has 2 rings (SSSR count). The molecule has 0 aliphatic carbocycles. The summed E-state index contributed by atoms with van der Waals surface area (Å²) in [5, 5.41) is 3.18. The van der Waals surface area contributed by atoms with Crippen molar-refractivity contribution in [1.82, 2.24) is 9.80 Å². The lowest BCUT2D eigenvalue weighted by atomic mass is 10.2. The van der Waals surface area contributed by atoms with E-state index in [1.54, 1.807) is 12.1 Å². The van der Waals surface area contributed by atoms with Crippen molar-refractivity contribution < 1.29 is 4.39 Å². The summed E-state index contributed by atoms with van der Waals surface area (Å²) in [6.45, 7) is 10.8. The minimum Gasteiger partial charge on any atom is -0.381 e. The Morgan fingerprint density at radius 1 is 1.20 bits per heavy atom. The maximum atomic E-state index is 13.5. The Balaban J connectivity index is 1.68. The monoisotopic (exact) mass is 279 g/mol. The molecule has 1 atom stereocenters. The Hall–Kier alpha value is -1.13. The maximum Gasteiger partial charge on any atom is 0.146 e. The smallest absolute Gasteiger partial charge is 0.146 e. The molecule has 1 aromatic carbocycles. The van der Waals surface area contributed by atoms with Crippen molar-refractivity contribution in [2.24, 2.45) is 0 Å². The van der Waals surface area contributed by atoms with Gasteiger partial charge in [-0.3, -0.25) is 9.80 Å². The predicted molar refractivity (Wildman–Crippen MR) is 82.7 cm³/mol. The molecular weight excluding hydrogens is 253 g/mol. The lowest BCUT2D eigenvalue weighted by Gasteiger charge is -2.37. The van der Waals surface area contributed by atoms with E-state index >= 15 is 0 Å². The zero-order chi connectivity index (χ0) is 14.4. The van der Waals surface area contributed by atoms with Crippen LogP contribution in [0.5, 0.6) is 0 Å². The summed E-state index contributed by atoms with van der Waals surface area (Å²) in [5.74, 6) is -0.172. The molecule has 0 spiro atoms. The highest BCUT2D eigenvalue weighted by molar-refractivity contribution is 5.44. The van der Waals surface area contributed by atoms with Crippen LogP contribution in [0.25, 0.3) is 0 Å². The average molecular weight is 279 g/mol. The first kappa shape index (κ1) is 15.3. The van der Waals surface area contributed by atoms with Gasteiger partial charge in [-0.1, -0.05) is 19.1 Å². The Morgan fingerprint density at radius 3 is 2.55 bits per heavy atom. The zero-order valence-electron chi connectivity index (χ0n) is 12.6. The molecule has 20 heavy (non-hydrogen) atoms. The highest BCUT2D eigenvalue weighted by Crippen LogP contribution is 2.12. The first-order valence-corrected chi connectivity index (χ1v) is 7.65. The second kappa shape index (κ2) is 7.60. The van der Waals surface area contributed by atoms with Gasteiger partial charge in [-0.05, 0) is 25.5 Å². The van der Waals surface area contributed by atoms with E-state index < -0.39 is 0 Å². The number of halogens is 1. The van der Waals surface area contributed by atoms with Gasteiger partial charge in [0.2, 0.25) is 0 Å². The molecular formula is C16H26FN3. The number of nitrogens with zero attached hydrogens (tertiary/aromatic N) is 2. The first-order chi connectivity index (χ1) is 9.70. The number of hydrogen-bond donors (Lipinski definition) is 1. The van der Waals surface area contributed by atoms with Crippen LogP contribution in [-0.4, -0.2) is 55.1 Å². The van der Waals surface area contributed by atoms with E-state index in [4.69, 9.17) is 0 Å². The highest BCUT2D eigenvalue weighted by Gasteiger charge is 2.19. The summed E-state index contributed by atoms with van der Waals surface area (Å²) in [6.07, 6.45) is 1.22. The third-order valence-electron chi connectivity index (χ3n) is 4.24. The van der Waals surface area contributed by atoms with Crippen LogP contribution < -0.4 is 5.32 Å². The van der Waals surface area contributed by atoms with Gasteiger partial charge in [0.15, 0.2) is 0 Å². The van der Waals surface area contributed by atoms with Crippen molar-refractivity contribution in [3.05, 3.63) is 30.1 Å². The van der Waals surface area contributed by atoms with Gasteiger partial charge >= 0.3 is 0 Å². The van der Waals surface area contributed by atoms with Gasteiger partial charge in [0, 0.05) is 45.3 Å². The molecule has 1 aliphatic heterocycles. The van der Waals surface area contributed by atoms with Crippen LogP contribution in [0.4, 0.5) is 10.1 Å². The fraction of sp³-hybridized carbons (Fsp3) is 0.625. The molecule has 3 nitrogen and oxygen atoms in total. The topological polar surface area (TPSA) is 18.5 Å². The van der Waals surface area contributed by atoms with Crippen LogP contribution in [0.1, 0.15) is 20.3 Å². The predicted octanol–water partition coefficient (Wildman–Crippen LogP) is 2.65. The van der Waals surface area contributed by atoms with E-state index in [0.29, 0.717) is 11.7 Å². The Morgan fingerprint density at radius 2 is 1.90 bits per heavy atom. The SMILES string of the molecule is CCC(C)N1CCN(CCNc2ccccc2F)CC1. The van der Waals surface area contributed by atoms with Crippen LogP contribution >= 0.6 is 0 Å². The minimum absolute atomic E-state index is 0.172. The average Bonchev–Trinajstić information content (AvgIpc) is 2.49. The number of rotatable bonds is 6. The molecule has 0 amide bonds. The first-order valence-electron chi connectivity index (χ1n) is 7.65. The van der Waals surface area contributed by atoms with Crippen molar-refractivity contribution in [2.45, 2.75) is 26.3 Å². The van der Waals surface area contributed by atoms with Gasteiger partial charge in [0.25, 0.3) is 0 Å². The molecule has 0 aromatic heterocycles. The standard InChI is InChI=1S/C16H26FN3/c1-3-14(2)20-12-10-19(11-13-20)9-8-18-16-7-5-4-6-15(16)17/h4-7,14,18H,3,8-13H2,1-2H3. The lowest BCUT2D eigenvalue weighted by Crippen LogP contribution is -2.50. The van der Waals surface area contributed by atoms with E-state index in [1.807, 2.05) is 6.07 Å². The number of nitrogens with one attached hydrogen (secondary N) is 1. The zero-order valence-corrected chi connectivity index (χ0v) is 12.6. The summed E-state index contributed by atoms with van der Waals surface area (Å²) < 4.78 is 13.5. The van der Waals surface area contributed by atoms with Crippen LogP contribution in [0, 0.1) is 5.82 Å². The van der Waals surface area contributed by atoms with E-state index in [-0.39, 0.29) is 5.82 Å². The lowest BCUT2D eigenvalue weighted by molar-refractivity contribution is 0.103. The molecule has 1 N–H and O–H groups in total. The summed E-state index contributed by atoms with van der Waals surface area (Å²) in [5.41, 5.74) is 0.603. The number of benzene rings is 1. The quantitative estimate of drug-likeness (QED) is 0.863. The van der Waals surface area contributed by atoms with Gasteiger partial charge in [-0.25, -0.2) is 4.39 Å². The van der Waals surface area contributed by atoms with Crippen molar-refractivity contribution in [3.63, 3.8) is 0 Å². The third-order valence-corrected chi connectivity index (χ3v) is 4.24. The number of para-hydroxylation sites is 1. The number of anilines is 1.